The van der Waals surface area contributed by atoms with Crippen molar-refractivity contribution in [1.29, 1.82) is 0 Å². The highest BCUT2D eigenvalue weighted by atomic mass is 17.2. The molecule has 0 N–H and O–H groups in total. The Bertz CT molecular complexity index is 113. The van der Waals surface area contributed by atoms with E-state index in [0.717, 1.165) is 5.23 Å². The van der Waals surface area contributed by atoms with Gasteiger partial charge in [-0.05, 0) is 4.85 Å². The van der Waals surface area contributed by atoms with E-state index < -0.39 is 0 Å². The molecule has 0 saturated carbocycles. The summed E-state index contributed by atoms with van der Waals surface area (Å²) < 4.78 is 0. The Labute approximate surface area is 46.9 Å². The van der Waals surface area contributed by atoms with Crippen LogP contribution in [0.3, 0.4) is 0 Å². The molecule has 1 aliphatic rings. The summed E-state index contributed by atoms with van der Waals surface area (Å²) in [4.78, 5) is 10.4. The highest BCUT2D eigenvalue weighted by molar-refractivity contribution is 5.46. The largest absolute Gasteiger partial charge is 0.278 e. The highest BCUT2D eigenvalue weighted by Crippen LogP contribution is 2.05. The van der Waals surface area contributed by atoms with Gasteiger partial charge in [0.1, 0.15) is 0 Å². The molecule has 0 aromatic carbocycles. The zero-order valence-corrected chi connectivity index (χ0v) is 4.74. The number of hydrogen-bond acceptors (Lipinski definition) is 3. The normalized spacial score (nSPS) is 25.5. The van der Waals surface area contributed by atoms with Gasteiger partial charge in [0.15, 0.2) is 6.21 Å². The third-order valence-corrected chi connectivity index (χ3v) is 0.651. The van der Waals surface area contributed by atoms with Gasteiger partial charge in [0.2, 0.25) is 0 Å². The molecule has 1 rings (SSSR count). The van der Waals surface area contributed by atoms with Gasteiger partial charge >= 0.3 is 0 Å². The molecule has 8 heavy (non-hydrogen) atoms. The first-order valence-electron chi connectivity index (χ1n) is 2.21. The third-order valence-electron chi connectivity index (χ3n) is 0.651. The van der Waals surface area contributed by atoms with E-state index in [2.05, 4.69) is 10.5 Å². The van der Waals surface area contributed by atoms with E-state index in [1.807, 2.05) is 0 Å². The molecule has 5 nitrogen and oxygen atoms in total. The zero-order valence-electron chi connectivity index (χ0n) is 4.74. The van der Waals surface area contributed by atoms with Gasteiger partial charge in [-0.15, -0.1) is 4.94 Å². The average Bonchev–Trinajstić information content (AvgIpc) is 2.14. The first-order chi connectivity index (χ1) is 3.83. The van der Waals surface area contributed by atoms with Crippen LogP contribution >= 0.6 is 0 Å². The molecular formula is C3H7N3O2. The first kappa shape index (κ1) is 5.33. The van der Waals surface area contributed by atoms with E-state index in [1.54, 1.807) is 20.2 Å². The molecule has 0 aliphatic carbocycles. The van der Waals surface area contributed by atoms with Gasteiger partial charge in [0.25, 0.3) is 0 Å². The SMILES string of the molecule is C/C=[N+]1/[N-]ON(C)O1. The van der Waals surface area contributed by atoms with E-state index >= 15 is 0 Å². The van der Waals surface area contributed by atoms with Crippen molar-refractivity contribution in [1.82, 2.24) is 5.23 Å². The van der Waals surface area contributed by atoms with Crippen molar-refractivity contribution in [3.63, 3.8) is 0 Å². The fraction of sp³-hybridized carbons (Fsp3) is 0.667. The van der Waals surface area contributed by atoms with Crippen molar-refractivity contribution in [3.05, 3.63) is 5.59 Å². The van der Waals surface area contributed by atoms with Crippen LogP contribution in [0.15, 0.2) is 0 Å². The van der Waals surface area contributed by atoms with Crippen LogP contribution in [0.5, 0.6) is 0 Å². The van der Waals surface area contributed by atoms with Crippen molar-refractivity contribution < 1.29 is 14.7 Å². The van der Waals surface area contributed by atoms with Gasteiger partial charge in [-0.3, -0.25) is 4.94 Å². The first-order valence-corrected chi connectivity index (χ1v) is 2.21. The second-order valence-corrected chi connectivity index (χ2v) is 1.25. The molecule has 0 atom stereocenters. The van der Waals surface area contributed by atoms with E-state index in [4.69, 9.17) is 4.94 Å². The number of hydrogen-bond donors (Lipinski definition) is 0. The lowest BCUT2D eigenvalue weighted by atomic mass is 10.9. The van der Waals surface area contributed by atoms with Crippen LogP contribution < -0.4 is 0 Å². The molecule has 1 fully saturated rings. The Morgan fingerprint density at radius 3 is 2.75 bits per heavy atom. The smallest absolute Gasteiger partial charge is 0.189 e. The molecule has 0 aromatic heterocycles. The molecule has 0 spiro atoms. The monoisotopic (exact) mass is 117 g/mol. The van der Waals surface area contributed by atoms with Crippen LogP contribution in [-0.4, -0.2) is 23.3 Å². The molecule has 1 heterocycles. The lowest BCUT2D eigenvalue weighted by Gasteiger charge is -1.94. The van der Waals surface area contributed by atoms with Gasteiger partial charge in [-0.2, -0.15) is 0 Å². The van der Waals surface area contributed by atoms with Crippen LogP contribution in [0.25, 0.3) is 5.59 Å². The van der Waals surface area contributed by atoms with Gasteiger partial charge < -0.3 is 0 Å². The van der Waals surface area contributed by atoms with Crippen LogP contribution in [-0.2, 0) is 9.88 Å². The Balaban J connectivity index is 2.44. The van der Waals surface area contributed by atoms with Crippen molar-refractivity contribution in [2.75, 3.05) is 7.05 Å². The molecule has 0 radical (unpaired) electrons. The Morgan fingerprint density at radius 2 is 2.50 bits per heavy atom. The van der Waals surface area contributed by atoms with Crippen molar-refractivity contribution in [3.8, 4) is 0 Å². The summed E-state index contributed by atoms with van der Waals surface area (Å²) in [7, 11) is 1.60. The molecule has 0 unspecified atom stereocenters. The lowest BCUT2D eigenvalue weighted by molar-refractivity contribution is -0.774. The predicted molar refractivity (Wildman–Crippen MR) is 25.3 cm³/mol. The second-order valence-electron chi connectivity index (χ2n) is 1.25. The van der Waals surface area contributed by atoms with Gasteiger partial charge in [0, 0.05) is 12.2 Å². The van der Waals surface area contributed by atoms with E-state index in [9.17, 15) is 0 Å². The van der Waals surface area contributed by atoms with E-state index in [1.165, 1.54) is 4.85 Å². The fourth-order valence-corrected chi connectivity index (χ4v) is 0.329. The highest BCUT2D eigenvalue weighted by Gasteiger charge is 2.09. The standard InChI is InChI=1S/C3H7N3O2/c1-3-6-4-7-5(2)8-6/h3H,1-2H3/b6-3-. The fourth-order valence-electron chi connectivity index (χ4n) is 0.329. The summed E-state index contributed by atoms with van der Waals surface area (Å²) in [5.74, 6) is 0. The predicted octanol–water partition coefficient (Wildman–Crippen LogP) is 0.0169. The van der Waals surface area contributed by atoms with Crippen LogP contribution in [0.1, 0.15) is 6.92 Å². The minimum Gasteiger partial charge on any atom is -0.278 e. The maximum absolute atomic E-state index is 4.73. The summed E-state index contributed by atoms with van der Waals surface area (Å²) in [6, 6.07) is 0. The second kappa shape index (κ2) is 1.97. The molecular weight excluding hydrogens is 110 g/mol. The maximum atomic E-state index is 4.73. The Morgan fingerprint density at radius 1 is 1.75 bits per heavy atom. The van der Waals surface area contributed by atoms with Gasteiger partial charge in [-0.1, -0.05) is 0 Å². The van der Waals surface area contributed by atoms with Crippen molar-refractivity contribution in [2.24, 2.45) is 0 Å². The van der Waals surface area contributed by atoms with Crippen LogP contribution in [0.4, 0.5) is 0 Å². The zero-order chi connectivity index (χ0) is 5.98. The average molecular weight is 117 g/mol. The minimum atomic E-state index is 1.14. The molecule has 1 saturated heterocycles. The molecule has 1 aliphatic heterocycles. The molecule has 0 aromatic rings. The molecule has 0 bridgehead atoms. The van der Waals surface area contributed by atoms with Crippen LogP contribution in [0.2, 0.25) is 0 Å². The Kier molecular flexibility index (Phi) is 1.32. The summed E-state index contributed by atoms with van der Waals surface area (Å²) in [5, 5.41) is 1.14. The number of hydroxylamine groups is 2. The lowest BCUT2D eigenvalue weighted by Crippen LogP contribution is -2.10. The summed E-state index contributed by atoms with van der Waals surface area (Å²) in [6.07, 6.45) is 1.63. The van der Waals surface area contributed by atoms with E-state index in [-0.39, 0.29) is 0 Å². The number of rotatable bonds is 0. The van der Waals surface area contributed by atoms with E-state index in [0.29, 0.717) is 0 Å². The Hall–Kier alpha value is -0.810. The quantitative estimate of drug-likeness (QED) is 0.420. The summed E-state index contributed by atoms with van der Waals surface area (Å²) in [5.41, 5.74) is 3.42. The summed E-state index contributed by atoms with van der Waals surface area (Å²) in [6.45, 7) is 1.78. The molecule has 5 heteroatoms. The third kappa shape index (κ3) is 0.877. The number of nitrogens with zero attached hydrogens (tertiary/aromatic N) is 3. The van der Waals surface area contributed by atoms with Crippen molar-refractivity contribution in [2.45, 2.75) is 6.92 Å². The molecule has 46 valence electrons. The van der Waals surface area contributed by atoms with Crippen LogP contribution in [0, 0.1) is 0 Å². The van der Waals surface area contributed by atoms with Gasteiger partial charge in [-0.25, -0.2) is 5.59 Å². The van der Waals surface area contributed by atoms with Gasteiger partial charge in [0.05, 0.1) is 7.05 Å². The summed E-state index contributed by atoms with van der Waals surface area (Å²) >= 11 is 0. The minimum absolute atomic E-state index is 1.14. The topological polar surface area (TPSA) is 38.8 Å². The molecule has 0 amide bonds. The maximum Gasteiger partial charge on any atom is 0.189 e. The van der Waals surface area contributed by atoms with Crippen molar-refractivity contribution >= 4 is 6.21 Å².